The van der Waals surface area contributed by atoms with Crippen LogP contribution in [0.15, 0.2) is 0 Å². The van der Waals surface area contributed by atoms with E-state index < -0.39 is 6.49 Å². The van der Waals surface area contributed by atoms with Gasteiger partial charge in [0.25, 0.3) is 0 Å². The fraction of sp³-hybridized carbons (Fsp3) is 1.00. The molecule has 0 aromatic carbocycles. The van der Waals surface area contributed by atoms with Crippen LogP contribution >= 0.6 is 6.49 Å². The minimum atomic E-state index is -2.22. The lowest BCUT2D eigenvalue weighted by atomic mass is 10.1. The van der Waals surface area contributed by atoms with Crippen LogP contribution in [0.1, 0.15) is 39.5 Å². The maximum absolute atomic E-state index is 6.27. The molecule has 2 fully saturated rings. The summed E-state index contributed by atoms with van der Waals surface area (Å²) in [4.78, 5) is 0. The first-order valence-electron chi connectivity index (χ1n) is 8.76. The Kier molecular flexibility index (Phi) is 7.52. The summed E-state index contributed by atoms with van der Waals surface area (Å²) in [6.07, 6.45) is 4.97. The molecule has 0 saturated heterocycles. The van der Waals surface area contributed by atoms with Gasteiger partial charge in [0, 0.05) is 32.7 Å². The summed E-state index contributed by atoms with van der Waals surface area (Å²) in [5.74, 6) is 2.26. The Balaban J connectivity index is 1.85. The van der Waals surface area contributed by atoms with E-state index in [0.29, 0.717) is 36.4 Å². The molecule has 23 heavy (non-hydrogen) atoms. The third kappa shape index (κ3) is 5.76. The molecule has 2 aliphatic carbocycles. The average molecular weight is 364 g/mol. The van der Waals surface area contributed by atoms with Crippen molar-refractivity contribution in [2.75, 3.05) is 34.1 Å². The summed E-state index contributed by atoms with van der Waals surface area (Å²) in [7, 11) is 3.55. The van der Waals surface area contributed by atoms with E-state index in [0.717, 1.165) is 32.3 Å². The van der Waals surface area contributed by atoms with Crippen LogP contribution in [-0.4, -0.2) is 46.3 Å². The molecule has 136 valence electrons. The standard InChI is InChI=1S/C17H33O4PS/c1-12-7-15(16(8-12)19-4)11-20-22(5,23)21-17-9-13(2)6-14(17)10-18-3/h12-17H,6-11H2,1-5H3/t12-,13-,14-,15-,16?,17?,22?/m1/s1. The molecule has 0 radical (unpaired) electrons. The van der Waals surface area contributed by atoms with Gasteiger partial charge in [-0.15, -0.1) is 0 Å². The molecule has 4 nitrogen and oxygen atoms in total. The fourth-order valence-corrected chi connectivity index (χ4v) is 5.99. The van der Waals surface area contributed by atoms with Crippen molar-refractivity contribution in [3.63, 3.8) is 0 Å². The van der Waals surface area contributed by atoms with E-state index in [9.17, 15) is 0 Å². The second kappa shape index (κ2) is 8.73. The van der Waals surface area contributed by atoms with Crippen molar-refractivity contribution in [2.45, 2.75) is 51.7 Å². The van der Waals surface area contributed by atoms with E-state index in [2.05, 4.69) is 13.8 Å². The Labute approximate surface area is 146 Å². The van der Waals surface area contributed by atoms with E-state index in [1.54, 1.807) is 14.2 Å². The monoisotopic (exact) mass is 364 g/mol. The molecular formula is C17H33O4PS. The molecule has 2 rings (SSSR count). The first kappa shape index (κ1) is 19.8. The predicted octanol–water partition coefficient (Wildman–Crippen LogP) is 4.08. The first-order valence-corrected chi connectivity index (χ1v) is 11.8. The van der Waals surface area contributed by atoms with E-state index in [-0.39, 0.29) is 6.10 Å². The van der Waals surface area contributed by atoms with Gasteiger partial charge >= 0.3 is 0 Å². The lowest BCUT2D eigenvalue weighted by Crippen LogP contribution is -2.23. The van der Waals surface area contributed by atoms with Crippen LogP contribution in [0.5, 0.6) is 0 Å². The summed E-state index contributed by atoms with van der Waals surface area (Å²) in [6.45, 7) is 5.71. The van der Waals surface area contributed by atoms with Gasteiger partial charge in [0.05, 0.1) is 25.4 Å². The second-order valence-corrected chi connectivity index (χ2v) is 11.6. The quantitative estimate of drug-likeness (QED) is 0.607. The molecule has 0 bridgehead atoms. The number of methoxy groups -OCH3 is 2. The van der Waals surface area contributed by atoms with Gasteiger partial charge in [-0.1, -0.05) is 13.8 Å². The Morgan fingerprint density at radius 3 is 2.04 bits per heavy atom. The van der Waals surface area contributed by atoms with E-state index in [1.807, 2.05) is 6.66 Å². The minimum Gasteiger partial charge on any atom is -0.384 e. The van der Waals surface area contributed by atoms with Crippen LogP contribution in [0.2, 0.25) is 0 Å². The zero-order valence-corrected chi connectivity index (χ0v) is 16.9. The number of hydrogen-bond donors (Lipinski definition) is 0. The van der Waals surface area contributed by atoms with Gasteiger partial charge in [0.15, 0.2) is 6.49 Å². The predicted molar refractivity (Wildman–Crippen MR) is 97.5 cm³/mol. The Bertz CT molecular complexity index is 419. The average Bonchev–Trinajstić information content (AvgIpc) is 2.99. The summed E-state index contributed by atoms with van der Waals surface area (Å²) < 4.78 is 23.3. The van der Waals surface area contributed by atoms with Gasteiger partial charge in [-0.2, -0.15) is 0 Å². The number of rotatable bonds is 8. The van der Waals surface area contributed by atoms with Crippen molar-refractivity contribution in [3.8, 4) is 0 Å². The highest BCUT2D eigenvalue weighted by molar-refractivity contribution is 8.09. The van der Waals surface area contributed by atoms with Crippen LogP contribution in [-0.2, 0) is 30.3 Å². The first-order chi connectivity index (χ1) is 10.8. The third-order valence-electron chi connectivity index (χ3n) is 5.26. The summed E-state index contributed by atoms with van der Waals surface area (Å²) in [5.41, 5.74) is 0. The van der Waals surface area contributed by atoms with Crippen LogP contribution in [0.25, 0.3) is 0 Å². The smallest absolute Gasteiger partial charge is 0.185 e. The van der Waals surface area contributed by atoms with Gasteiger partial charge in [-0.3, -0.25) is 0 Å². The summed E-state index contributed by atoms with van der Waals surface area (Å²) in [5, 5.41) is 0. The molecule has 2 aliphatic rings. The lowest BCUT2D eigenvalue weighted by molar-refractivity contribution is 0.0435. The van der Waals surface area contributed by atoms with Crippen LogP contribution in [0, 0.1) is 23.7 Å². The molecule has 0 aromatic heterocycles. The Morgan fingerprint density at radius 1 is 0.913 bits per heavy atom. The van der Waals surface area contributed by atoms with Crippen molar-refractivity contribution in [2.24, 2.45) is 23.7 Å². The molecule has 0 aromatic rings. The zero-order valence-electron chi connectivity index (χ0n) is 15.2. The molecule has 3 unspecified atom stereocenters. The van der Waals surface area contributed by atoms with Gasteiger partial charge in [0.1, 0.15) is 0 Å². The highest BCUT2D eigenvalue weighted by Gasteiger charge is 2.37. The highest BCUT2D eigenvalue weighted by atomic mass is 32.5. The van der Waals surface area contributed by atoms with Gasteiger partial charge in [0.2, 0.25) is 0 Å². The minimum absolute atomic E-state index is 0.182. The lowest BCUT2D eigenvalue weighted by Gasteiger charge is -2.28. The molecule has 0 aliphatic heterocycles. The van der Waals surface area contributed by atoms with Crippen LogP contribution < -0.4 is 0 Å². The topological polar surface area (TPSA) is 36.9 Å². The normalized spacial score (nSPS) is 40.4. The molecule has 7 atom stereocenters. The van der Waals surface area contributed by atoms with Gasteiger partial charge in [-0.05, 0) is 49.3 Å². The maximum atomic E-state index is 6.27. The Morgan fingerprint density at radius 2 is 1.48 bits per heavy atom. The third-order valence-corrected chi connectivity index (χ3v) is 7.11. The van der Waals surface area contributed by atoms with Crippen molar-refractivity contribution in [3.05, 3.63) is 0 Å². The molecule has 0 spiro atoms. The SMILES string of the molecule is COC[C@H]1C[C@@H](C)CC1OP(C)(=S)OC[C@H]1C[C@@H](C)CC1OC. The second-order valence-electron chi connectivity index (χ2n) is 7.61. The number of ether oxygens (including phenoxy) is 2. The van der Waals surface area contributed by atoms with Crippen LogP contribution in [0.3, 0.4) is 0 Å². The largest absolute Gasteiger partial charge is 0.384 e. The Hall–Kier alpha value is 0.490. The van der Waals surface area contributed by atoms with E-state index >= 15 is 0 Å². The molecule has 0 amide bonds. The van der Waals surface area contributed by atoms with Gasteiger partial charge < -0.3 is 18.5 Å². The van der Waals surface area contributed by atoms with E-state index in [1.165, 1.54) is 0 Å². The molecule has 0 heterocycles. The van der Waals surface area contributed by atoms with Crippen molar-refractivity contribution in [1.29, 1.82) is 0 Å². The fourth-order valence-electron chi connectivity index (χ4n) is 4.20. The van der Waals surface area contributed by atoms with E-state index in [4.69, 9.17) is 30.3 Å². The molecular weight excluding hydrogens is 331 g/mol. The highest BCUT2D eigenvalue weighted by Crippen LogP contribution is 2.51. The van der Waals surface area contributed by atoms with Crippen molar-refractivity contribution >= 4 is 18.3 Å². The molecule has 0 N–H and O–H groups in total. The maximum Gasteiger partial charge on any atom is 0.185 e. The molecule has 2 saturated carbocycles. The molecule has 6 heteroatoms. The van der Waals surface area contributed by atoms with Gasteiger partial charge in [-0.25, -0.2) is 0 Å². The zero-order chi connectivity index (χ0) is 17.0. The van der Waals surface area contributed by atoms with Crippen LogP contribution in [0.4, 0.5) is 0 Å². The van der Waals surface area contributed by atoms with Crippen molar-refractivity contribution < 1.29 is 18.5 Å². The number of hydrogen-bond acceptors (Lipinski definition) is 5. The summed E-state index contributed by atoms with van der Waals surface area (Å²) in [6, 6.07) is 0. The summed E-state index contributed by atoms with van der Waals surface area (Å²) >= 11 is 5.68. The van der Waals surface area contributed by atoms with Crippen molar-refractivity contribution in [1.82, 2.24) is 0 Å².